The first-order valence-corrected chi connectivity index (χ1v) is 9.13. The molecule has 0 spiro atoms. The Morgan fingerprint density at radius 3 is 2.71 bits per heavy atom. The fourth-order valence-electron chi connectivity index (χ4n) is 2.82. The van der Waals surface area contributed by atoms with Crippen LogP contribution in [0.4, 0.5) is 0 Å². The van der Waals surface area contributed by atoms with Crippen LogP contribution in [0, 0.1) is 5.92 Å². The molecular weight excluding hydrogens is 292 g/mol. The SMILES string of the molecule is CCOC(=O)c1cnn(C)c1CS(=O)(=O)CC1CCCC1. The number of esters is 1. The van der Waals surface area contributed by atoms with E-state index >= 15 is 0 Å². The number of hydrogen-bond acceptors (Lipinski definition) is 5. The van der Waals surface area contributed by atoms with Crippen LogP contribution >= 0.6 is 0 Å². The molecule has 0 radical (unpaired) electrons. The standard InChI is InChI=1S/C14H22N2O4S/c1-3-20-14(17)12-8-15-16(2)13(12)10-21(18,19)9-11-6-4-5-7-11/h8,11H,3-7,9-10H2,1-2H3. The molecule has 6 nitrogen and oxygen atoms in total. The molecule has 0 aliphatic heterocycles. The van der Waals surface area contributed by atoms with Crippen molar-refractivity contribution in [1.82, 2.24) is 9.78 Å². The monoisotopic (exact) mass is 314 g/mol. The zero-order valence-electron chi connectivity index (χ0n) is 12.5. The molecule has 1 saturated carbocycles. The molecule has 1 heterocycles. The van der Waals surface area contributed by atoms with E-state index in [9.17, 15) is 13.2 Å². The first-order chi connectivity index (χ1) is 9.93. The van der Waals surface area contributed by atoms with E-state index in [2.05, 4.69) is 5.10 Å². The Morgan fingerprint density at radius 2 is 2.10 bits per heavy atom. The highest BCUT2D eigenvalue weighted by atomic mass is 32.2. The van der Waals surface area contributed by atoms with Gasteiger partial charge in [-0.25, -0.2) is 13.2 Å². The highest BCUT2D eigenvalue weighted by Gasteiger charge is 2.26. The molecule has 0 amide bonds. The van der Waals surface area contributed by atoms with Crippen molar-refractivity contribution < 1.29 is 17.9 Å². The Balaban J connectivity index is 2.14. The quantitative estimate of drug-likeness (QED) is 0.747. The van der Waals surface area contributed by atoms with Gasteiger partial charge in [-0.1, -0.05) is 12.8 Å². The number of sulfone groups is 1. The van der Waals surface area contributed by atoms with Gasteiger partial charge in [-0.15, -0.1) is 0 Å². The summed E-state index contributed by atoms with van der Waals surface area (Å²) in [6.45, 7) is 1.97. The second kappa shape index (κ2) is 6.60. The van der Waals surface area contributed by atoms with Crippen LogP contribution in [0.15, 0.2) is 6.20 Å². The van der Waals surface area contributed by atoms with Crippen molar-refractivity contribution in [2.75, 3.05) is 12.4 Å². The second-order valence-corrected chi connectivity index (χ2v) is 7.66. The van der Waals surface area contributed by atoms with Gasteiger partial charge in [0.1, 0.15) is 5.56 Å². The number of carbonyl (C=O) groups excluding carboxylic acids is 1. The maximum atomic E-state index is 12.3. The van der Waals surface area contributed by atoms with E-state index in [-0.39, 0.29) is 29.6 Å². The van der Waals surface area contributed by atoms with Crippen molar-refractivity contribution in [3.05, 3.63) is 17.5 Å². The van der Waals surface area contributed by atoms with Crippen LogP contribution in [0.1, 0.15) is 48.7 Å². The number of aromatic nitrogens is 2. The Bertz CT molecular complexity index is 600. The van der Waals surface area contributed by atoms with Gasteiger partial charge in [0.25, 0.3) is 0 Å². The van der Waals surface area contributed by atoms with Gasteiger partial charge in [0, 0.05) is 7.05 Å². The highest BCUT2D eigenvalue weighted by Crippen LogP contribution is 2.27. The van der Waals surface area contributed by atoms with Gasteiger partial charge in [-0.05, 0) is 25.7 Å². The van der Waals surface area contributed by atoms with E-state index in [1.807, 2.05) is 0 Å². The topological polar surface area (TPSA) is 78.3 Å². The summed E-state index contributed by atoms with van der Waals surface area (Å²) >= 11 is 0. The lowest BCUT2D eigenvalue weighted by Gasteiger charge is -2.11. The van der Waals surface area contributed by atoms with Crippen LogP contribution in [0.25, 0.3) is 0 Å². The fourth-order valence-corrected chi connectivity index (χ4v) is 4.75. The molecule has 1 aromatic heterocycles. The van der Waals surface area contributed by atoms with E-state index < -0.39 is 15.8 Å². The third-order valence-electron chi connectivity index (χ3n) is 3.88. The molecule has 118 valence electrons. The number of hydrogen-bond donors (Lipinski definition) is 0. The molecule has 0 atom stereocenters. The fraction of sp³-hybridized carbons (Fsp3) is 0.714. The molecule has 1 aliphatic carbocycles. The van der Waals surface area contributed by atoms with Crippen molar-refractivity contribution in [2.45, 2.75) is 38.4 Å². The summed E-state index contributed by atoms with van der Waals surface area (Å²) in [5, 5.41) is 3.99. The van der Waals surface area contributed by atoms with Crippen LogP contribution in [0.5, 0.6) is 0 Å². The van der Waals surface area contributed by atoms with Gasteiger partial charge in [0.05, 0.1) is 30.0 Å². The van der Waals surface area contributed by atoms with E-state index in [0.29, 0.717) is 5.69 Å². The molecule has 21 heavy (non-hydrogen) atoms. The second-order valence-electron chi connectivity index (χ2n) is 5.55. The van der Waals surface area contributed by atoms with Crippen LogP contribution in [-0.2, 0) is 27.4 Å². The Kier molecular flexibility index (Phi) is 5.03. The zero-order valence-corrected chi connectivity index (χ0v) is 13.4. The summed E-state index contributed by atoms with van der Waals surface area (Å²) < 4.78 is 31.1. The molecule has 0 saturated heterocycles. The van der Waals surface area contributed by atoms with E-state index in [1.54, 1.807) is 14.0 Å². The average Bonchev–Trinajstić information content (AvgIpc) is 3.00. The van der Waals surface area contributed by atoms with Crippen LogP contribution in [-0.4, -0.2) is 36.5 Å². The third-order valence-corrected chi connectivity index (χ3v) is 5.57. The highest BCUT2D eigenvalue weighted by molar-refractivity contribution is 7.90. The summed E-state index contributed by atoms with van der Waals surface area (Å²) in [5.74, 6) is -0.222. The van der Waals surface area contributed by atoms with E-state index in [4.69, 9.17) is 4.74 Å². The lowest BCUT2D eigenvalue weighted by molar-refractivity contribution is 0.0525. The molecule has 1 fully saturated rings. The summed E-state index contributed by atoms with van der Waals surface area (Å²) in [7, 11) is -1.61. The van der Waals surface area contributed by atoms with Crippen molar-refractivity contribution in [3.8, 4) is 0 Å². The maximum absolute atomic E-state index is 12.3. The Morgan fingerprint density at radius 1 is 1.43 bits per heavy atom. The van der Waals surface area contributed by atoms with E-state index in [1.165, 1.54) is 10.9 Å². The molecule has 1 aliphatic rings. The first kappa shape index (κ1) is 16.0. The summed E-state index contributed by atoms with van der Waals surface area (Å²) in [6.07, 6.45) is 5.56. The molecule has 0 N–H and O–H groups in total. The minimum absolute atomic E-state index is 0.159. The molecule has 0 unspecified atom stereocenters. The van der Waals surface area contributed by atoms with E-state index in [0.717, 1.165) is 25.7 Å². The maximum Gasteiger partial charge on any atom is 0.341 e. The largest absolute Gasteiger partial charge is 0.462 e. The minimum atomic E-state index is -3.25. The van der Waals surface area contributed by atoms with Crippen LogP contribution in [0.3, 0.4) is 0 Å². The normalized spacial score (nSPS) is 16.3. The number of carbonyl (C=O) groups is 1. The lowest BCUT2D eigenvalue weighted by Crippen LogP contribution is -2.19. The van der Waals surface area contributed by atoms with Crippen molar-refractivity contribution in [3.63, 3.8) is 0 Å². The predicted molar refractivity (Wildman–Crippen MR) is 78.6 cm³/mol. The number of nitrogens with zero attached hydrogens (tertiary/aromatic N) is 2. The average molecular weight is 314 g/mol. The van der Waals surface area contributed by atoms with Gasteiger partial charge < -0.3 is 4.74 Å². The van der Waals surface area contributed by atoms with Crippen molar-refractivity contribution in [1.29, 1.82) is 0 Å². The molecule has 0 bridgehead atoms. The van der Waals surface area contributed by atoms with Crippen molar-refractivity contribution in [2.24, 2.45) is 13.0 Å². The molecule has 1 aromatic rings. The minimum Gasteiger partial charge on any atom is -0.462 e. The summed E-state index contributed by atoms with van der Waals surface area (Å²) in [5.41, 5.74) is 0.654. The van der Waals surface area contributed by atoms with Crippen LogP contribution in [0.2, 0.25) is 0 Å². The smallest absolute Gasteiger partial charge is 0.341 e. The Hall–Kier alpha value is -1.37. The molecule has 7 heteroatoms. The lowest BCUT2D eigenvalue weighted by atomic mass is 10.1. The number of aryl methyl sites for hydroxylation is 1. The molecular formula is C14H22N2O4S. The molecule has 0 aromatic carbocycles. The summed E-state index contributed by atoms with van der Waals surface area (Å²) in [4.78, 5) is 11.8. The van der Waals surface area contributed by atoms with Gasteiger partial charge >= 0.3 is 5.97 Å². The van der Waals surface area contributed by atoms with Crippen LogP contribution < -0.4 is 0 Å². The third kappa shape index (κ3) is 4.06. The van der Waals surface area contributed by atoms with Gasteiger partial charge in [0.15, 0.2) is 9.84 Å². The Labute approximate surface area is 125 Å². The van der Waals surface area contributed by atoms with Crippen molar-refractivity contribution >= 4 is 15.8 Å². The number of rotatable bonds is 6. The predicted octanol–water partition coefficient (Wildman–Crippen LogP) is 1.70. The first-order valence-electron chi connectivity index (χ1n) is 7.31. The zero-order chi connectivity index (χ0) is 15.5. The van der Waals surface area contributed by atoms with Gasteiger partial charge in [-0.2, -0.15) is 5.10 Å². The number of ether oxygens (including phenoxy) is 1. The van der Waals surface area contributed by atoms with Gasteiger partial charge in [0.2, 0.25) is 0 Å². The summed E-state index contributed by atoms with van der Waals surface area (Å²) in [6, 6.07) is 0. The molecule has 2 rings (SSSR count). The van der Waals surface area contributed by atoms with Gasteiger partial charge in [-0.3, -0.25) is 4.68 Å².